The molecular weight excluding hydrogens is 380 g/mol. The fourth-order valence-electron chi connectivity index (χ4n) is 3.36. The summed E-state index contributed by atoms with van der Waals surface area (Å²) >= 11 is 1.76. The maximum absolute atomic E-state index is 11.7. The number of nitrogens with two attached hydrogens (primary N) is 1. The first-order valence-electron chi connectivity index (χ1n) is 9.38. The first-order chi connectivity index (χ1) is 12.7. The Morgan fingerprint density at radius 1 is 1.33 bits per heavy atom. The van der Waals surface area contributed by atoms with Gasteiger partial charge in [-0.15, -0.1) is 23.7 Å². The molecule has 5 nitrogen and oxygen atoms in total. The van der Waals surface area contributed by atoms with Gasteiger partial charge in [0.1, 0.15) is 5.01 Å². The van der Waals surface area contributed by atoms with Crippen LogP contribution in [0.1, 0.15) is 36.1 Å². The molecular formula is C20H29ClN4OS. The number of hydrogen-bond acceptors (Lipinski definition) is 5. The number of piperidine rings is 1. The van der Waals surface area contributed by atoms with Crippen LogP contribution in [0, 0.1) is 6.92 Å². The van der Waals surface area contributed by atoms with Crippen molar-refractivity contribution in [1.82, 2.24) is 15.2 Å². The summed E-state index contributed by atoms with van der Waals surface area (Å²) in [5.41, 5.74) is 7.89. The van der Waals surface area contributed by atoms with Gasteiger partial charge < -0.3 is 11.1 Å². The molecule has 27 heavy (non-hydrogen) atoms. The minimum absolute atomic E-state index is 0. The second-order valence-corrected chi connectivity index (χ2v) is 8.08. The number of aryl methyl sites for hydroxylation is 1. The minimum Gasteiger partial charge on any atom is -0.354 e. The standard InChI is InChI=1S/C20H28N4OS.ClH/c1-15-5-7-16(8-6-15)20-23-13-18(26-20)14-24-11-3-2-4-17(24)12-22-19(25)9-10-21;/h5-8,13,17H,2-4,9-12,14,21H2,1H3,(H,22,25);1H. The van der Waals surface area contributed by atoms with E-state index in [1.54, 1.807) is 11.3 Å². The molecule has 0 radical (unpaired) electrons. The lowest BCUT2D eigenvalue weighted by atomic mass is 10.0. The van der Waals surface area contributed by atoms with Crippen LogP contribution in [0.15, 0.2) is 30.5 Å². The second-order valence-electron chi connectivity index (χ2n) is 6.96. The van der Waals surface area contributed by atoms with Crippen LogP contribution in [0.3, 0.4) is 0 Å². The topological polar surface area (TPSA) is 71.2 Å². The lowest BCUT2D eigenvalue weighted by molar-refractivity contribution is -0.121. The number of nitrogens with zero attached hydrogens (tertiary/aromatic N) is 2. The van der Waals surface area contributed by atoms with Gasteiger partial charge in [0.05, 0.1) is 0 Å². The van der Waals surface area contributed by atoms with E-state index >= 15 is 0 Å². The van der Waals surface area contributed by atoms with Gasteiger partial charge in [-0.2, -0.15) is 0 Å². The van der Waals surface area contributed by atoms with Crippen molar-refractivity contribution in [3.05, 3.63) is 40.9 Å². The zero-order valence-electron chi connectivity index (χ0n) is 15.8. The fourth-order valence-corrected chi connectivity index (χ4v) is 4.30. The van der Waals surface area contributed by atoms with Crippen molar-refractivity contribution in [3.63, 3.8) is 0 Å². The molecule has 0 saturated carbocycles. The second kappa shape index (κ2) is 10.8. The van der Waals surface area contributed by atoms with Crippen LogP contribution in [0.4, 0.5) is 0 Å². The Morgan fingerprint density at radius 3 is 2.85 bits per heavy atom. The van der Waals surface area contributed by atoms with Crippen molar-refractivity contribution in [3.8, 4) is 10.6 Å². The molecule has 1 aromatic heterocycles. The van der Waals surface area contributed by atoms with E-state index in [1.165, 1.54) is 28.8 Å². The van der Waals surface area contributed by atoms with E-state index in [0.29, 0.717) is 25.6 Å². The zero-order valence-corrected chi connectivity index (χ0v) is 17.5. The zero-order chi connectivity index (χ0) is 18.4. The molecule has 1 saturated heterocycles. The quantitative estimate of drug-likeness (QED) is 0.736. The van der Waals surface area contributed by atoms with Gasteiger partial charge in [0, 0.05) is 48.7 Å². The van der Waals surface area contributed by atoms with Crippen molar-refractivity contribution in [2.75, 3.05) is 19.6 Å². The molecule has 1 aliphatic rings. The number of thiazole rings is 1. The molecule has 1 atom stereocenters. The number of rotatable bonds is 7. The van der Waals surface area contributed by atoms with E-state index in [4.69, 9.17) is 5.73 Å². The summed E-state index contributed by atoms with van der Waals surface area (Å²) in [4.78, 5) is 20.1. The highest BCUT2D eigenvalue weighted by molar-refractivity contribution is 7.15. The van der Waals surface area contributed by atoms with E-state index in [0.717, 1.165) is 24.5 Å². The third-order valence-electron chi connectivity index (χ3n) is 4.87. The van der Waals surface area contributed by atoms with Crippen LogP contribution < -0.4 is 11.1 Å². The average molecular weight is 409 g/mol. The number of amides is 1. The molecule has 1 aliphatic heterocycles. The van der Waals surface area contributed by atoms with E-state index in [1.807, 2.05) is 6.20 Å². The van der Waals surface area contributed by atoms with Crippen LogP contribution >= 0.6 is 23.7 Å². The van der Waals surface area contributed by atoms with Gasteiger partial charge >= 0.3 is 0 Å². The fraction of sp³-hybridized carbons (Fsp3) is 0.500. The Hall–Kier alpha value is -1.47. The van der Waals surface area contributed by atoms with Gasteiger partial charge in [-0.05, 0) is 26.3 Å². The van der Waals surface area contributed by atoms with Gasteiger partial charge in [-0.3, -0.25) is 9.69 Å². The number of hydrogen-bond donors (Lipinski definition) is 2. The number of halogens is 1. The number of carbonyl (C=O) groups excluding carboxylic acids is 1. The molecule has 0 bridgehead atoms. The maximum Gasteiger partial charge on any atom is 0.221 e. The summed E-state index contributed by atoms with van der Waals surface area (Å²) in [6.45, 7) is 5.20. The highest BCUT2D eigenvalue weighted by Crippen LogP contribution is 2.28. The van der Waals surface area contributed by atoms with Crippen molar-refractivity contribution < 1.29 is 4.79 Å². The maximum atomic E-state index is 11.7. The Kier molecular flexibility index (Phi) is 8.70. The van der Waals surface area contributed by atoms with Crippen LogP contribution in [0.25, 0.3) is 10.6 Å². The summed E-state index contributed by atoms with van der Waals surface area (Å²) in [6.07, 6.45) is 5.98. The summed E-state index contributed by atoms with van der Waals surface area (Å²) in [5.74, 6) is 0.0532. The van der Waals surface area contributed by atoms with Gasteiger partial charge in [0.2, 0.25) is 5.91 Å². The summed E-state index contributed by atoms with van der Waals surface area (Å²) < 4.78 is 0. The predicted octanol–water partition coefficient (Wildman–Crippen LogP) is 3.36. The van der Waals surface area contributed by atoms with E-state index in [2.05, 4.69) is 46.4 Å². The molecule has 1 unspecified atom stereocenters. The summed E-state index contributed by atoms with van der Waals surface area (Å²) in [7, 11) is 0. The van der Waals surface area contributed by atoms with Gasteiger partial charge in [0.25, 0.3) is 0 Å². The van der Waals surface area contributed by atoms with Crippen LogP contribution in [0.5, 0.6) is 0 Å². The SMILES string of the molecule is Cc1ccc(-c2ncc(CN3CCCCC3CNC(=O)CCN)s2)cc1.Cl. The van der Waals surface area contributed by atoms with Gasteiger partial charge in [0.15, 0.2) is 0 Å². The normalized spacial score (nSPS) is 17.3. The van der Waals surface area contributed by atoms with E-state index < -0.39 is 0 Å². The lowest BCUT2D eigenvalue weighted by Gasteiger charge is -2.35. The summed E-state index contributed by atoms with van der Waals surface area (Å²) in [6, 6.07) is 8.92. The molecule has 1 fully saturated rings. The molecule has 0 spiro atoms. The Morgan fingerprint density at radius 2 is 2.11 bits per heavy atom. The third kappa shape index (κ3) is 6.28. The number of aromatic nitrogens is 1. The highest BCUT2D eigenvalue weighted by Gasteiger charge is 2.23. The number of benzene rings is 1. The molecule has 1 aromatic carbocycles. The average Bonchev–Trinajstić information content (AvgIpc) is 3.10. The molecule has 3 rings (SSSR count). The molecule has 3 N–H and O–H groups in total. The Labute approximate surface area is 171 Å². The first kappa shape index (κ1) is 21.8. The highest BCUT2D eigenvalue weighted by atomic mass is 35.5. The molecule has 1 amide bonds. The third-order valence-corrected chi connectivity index (χ3v) is 5.90. The number of nitrogens with one attached hydrogen (secondary N) is 1. The van der Waals surface area contributed by atoms with E-state index in [-0.39, 0.29) is 18.3 Å². The van der Waals surface area contributed by atoms with Gasteiger partial charge in [-0.1, -0.05) is 36.2 Å². The van der Waals surface area contributed by atoms with Crippen LogP contribution in [-0.4, -0.2) is 41.5 Å². The number of carbonyl (C=O) groups is 1. The minimum atomic E-state index is 0. The van der Waals surface area contributed by atoms with Crippen molar-refractivity contribution in [1.29, 1.82) is 0 Å². The molecule has 0 aliphatic carbocycles. The van der Waals surface area contributed by atoms with Crippen molar-refractivity contribution in [2.45, 2.75) is 45.2 Å². The van der Waals surface area contributed by atoms with Crippen LogP contribution in [0.2, 0.25) is 0 Å². The smallest absolute Gasteiger partial charge is 0.221 e. The number of likely N-dealkylation sites (tertiary alicyclic amines) is 1. The molecule has 7 heteroatoms. The predicted molar refractivity (Wildman–Crippen MR) is 114 cm³/mol. The monoisotopic (exact) mass is 408 g/mol. The van der Waals surface area contributed by atoms with E-state index in [9.17, 15) is 4.79 Å². The molecule has 2 heterocycles. The molecule has 148 valence electrons. The largest absolute Gasteiger partial charge is 0.354 e. The molecule has 2 aromatic rings. The Balaban J connectivity index is 0.00000261. The van der Waals surface area contributed by atoms with Crippen molar-refractivity contribution in [2.24, 2.45) is 5.73 Å². The van der Waals surface area contributed by atoms with Crippen LogP contribution in [-0.2, 0) is 11.3 Å². The van der Waals surface area contributed by atoms with Crippen molar-refractivity contribution >= 4 is 29.7 Å². The lowest BCUT2D eigenvalue weighted by Crippen LogP contribution is -2.46. The Bertz CT molecular complexity index is 719. The van der Waals surface area contributed by atoms with Gasteiger partial charge in [-0.25, -0.2) is 4.98 Å². The summed E-state index contributed by atoms with van der Waals surface area (Å²) in [5, 5.41) is 4.11. The first-order valence-corrected chi connectivity index (χ1v) is 10.2.